The maximum absolute atomic E-state index is 5.74. The summed E-state index contributed by atoms with van der Waals surface area (Å²) in [5.74, 6) is 2.55. The highest BCUT2D eigenvalue weighted by Gasteiger charge is 2.23. The average molecular weight is 441 g/mol. The molecule has 0 spiro atoms. The van der Waals surface area contributed by atoms with Crippen LogP contribution >= 0.6 is 0 Å². The molecule has 0 saturated carbocycles. The molecule has 1 unspecified atom stereocenters. The van der Waals surface area contributed by atoms with Crippen molar-refractivity contribution in [3.8, 4) is 11.5 Å². The molecule has 0 aromatic heterocycles. The van der Waals surface area contributed by atoms with Crippen LogP contribution in [-0.4, -0.2) is 64.0 Å². The molecule has 0 radical (unpaired) electrons. The largest absolute Gasteiger partial charge is 0.497 e. The quantitative estimate of drug-likeness (QED) is 0.437. The Hall–Kier alpha value is -2.77. The van der Waals surface area contributed by atoms with E-state index in [2.05, 4.69) is 40.7 Å². The lowest BCUT2D eigenvalue weighted by Gasteiger charge is -2.35. The van der Waals surface area contributed by atoms with Crippen LogP contribution in [0.4, 0.5) is 0 Å². The molecule has 0 aliphatic carbocycles. The van der Waals surface area contributed by atoms with E-state index in [9.17, 15) is 0 Å². The number of hydrogen-bond acceptors (Lipinski definition) is 5. The Kier molecular flexibility index (Phi) is 9.65. The Morgan fingerprint density at radius 2 is 1.81 bits per heavy atom. The molecule has 0 bridgehead atoms. The number of nitrogens with one attached hydrogen (secondary N) is 2. The first-order valence-corrected chi connectivity index (χ1v) is 11.4. The Labute approximate surface area is 191 Å². The van der Waals surface area contributed by atoms with E-state index in [0.29, 0.717) is 13.2 Å². The zero-order chi connectivity index (χ0) is 22.6. The smallest absolute Gasteiger partial charge is 0.191 e. The van der Waals surface area contributed by atoms with Gasteiger partial charge in [-0.2, -0.15) is 0 Å². The predicted molar refractivity (Wildman–Crippen MR) is 129 cm³/mol. The van der Waals surface area contributed by atoms with Crippen molar-refractivity contribution >= 4 is 5.96 Å². The molecule has 174 valence electrons. The lowest BCUT2D eigenvalue weighted by atomic mass is 10.0. The highest BCUT2D eigenvalue weighted by molar-refractivity contribution is 5.79. The second-order valence-electron chi connectivity index (χ2n) is 7.55. The number of benzene rings is 2. The average Bonchev–Trinajstić information content (AvgIpc) is 2.84. The number of morpholine rings is 1. The molecule has 1 saturated heterocycles. The van der Waals surface area contributed by atoms with Crippen LogP contribution in [0.2, 0.25) is 0 Å². The van der Waals surface area contributed by atoms with Crippen molar-refractivity contribution in [2.24, 2.45) is 4.99 Å². The monoisotopic (exact) mass is 440 g/mol. The number of methoxy groups -OCH3 is 1. The Balaban J connectivity index is 1.72. The Morgan fingerprint density at radius 3 is 2.50 bits per heavy atom. The second-order valence-corrected chi connectivity index (χ2v) is 7.55. The van der Waals surface area contributed by atoms with Gasteiger partial charge in [0.1, 0.15) is 11.5 Å². The van der Waals surface area contributed by atoms with Crippen molar-refractivity contribution < 1.29 is 14.2 Å². The summed E-state index contributed by atoms with van der Waals surface area (Å²) in [5, 5.41) is 6.92. The van der Waals surface area contributed by atoms with Gasteiger partial charge < -0.3 is 24.8 Å². The van der Waals surface area contributed by atoms with Crippen molar-refractivity contribution in [3.05, 3.63) is 59.7 Å². The SMILES string of the molecule is CCNC(=NCc1ccccc1OCC)NCC(c1ccc(OC)cc1)N1CCOCC1. The lowest BCUT2D eigenvalue weighted by Crippen LogP contribution is -2.46. The van der Waals surface area contributed by atoms with Crippen LogP contribution in [0.3, 0.4) is 0 Å². The summed E-state index contributed by atoms with van der Waals surface area (Å²) in [5.41, 5.74) is 2.32. The van der Waals surface area contributed by atoms with Crippen LogP contribution in [-0.2, 0) is 11.3 Å². The van der Waals surface area contributed by atoms with E-state index < -0.39 is 0 Å². The van der Waals surface area contributed by atoms with Gasteiger partial charge in [-0.15, -0.1) is 0 Å². The first-order chi connectivity index (χ1) is 15.7. The van der Waals surface area contributed by atoms with Gasteiger partial charge in [-0.05, 0) is 37.6 Å². The van der Waals surface area contributed by atoms with E-state index in [1.807, 2.05) is 37.3 Å². The fourth-order valence-corrected chi connectivity index (χ4v) is 3.80. The molecular formula is C25H36N4O3. The van der Waals surface area contributed by atoms with E-state index in [1.165, 1.54) is 5.56 Å². The zero-order valence-electron chi connectivity index (χ0n) is 19.5. The molecule has 1 aliphatic heterocycles. The Morgan fingerprint density at radius 1 is 1.06 bits per heavy atom. The highest BCUT2D eigenvalue weighted by atomic mass is 16.5. The van der Waals surface area contributed by atoms with E-state index >= 15 is 0 Å². The molecule has 1 fully saturated rings. The van der Waals surface area contributed by atoms with Crippen molar-refractivity contribution in [2.75, 3.05) is 53.1 Å². The number of hydrogen-bond donors (Lipinski definition) is 2. The fourth-order valence-electron chi connectivity index (χ4n) is 3.80. The van der Waals surface area contributed by atoms with Gasteiger partial charge in [-0.1, -0.05) is 30.3 Å². The van der Waals surface area contributed by atoms with Gasteiger partial charge in [0.2, 0.25) is 0 Å². The van der Waals surface area contributed by atoms with Crippen LogP contribution < -0.4 is 20.1 Å². The third kappa shape index (κ3) is 6.87. The molecule has 3 rings (SSSR count). The summed E-state index contributed by atoms with van der Waals surface area (Å²) >= 11 is 0. The third-order valence-corrected chi connectivity index (χ3v) is 5.47. The van der Waals surface area contributed by atoms with Crippen LogP contribution in [0.15, 0.2) is 53.5 Å². The minimum atomic E-state index is 0.212. The van der Waals surface area contributed by atoms with Gasteiger partial charge in [-0.25, -0.2) is 4.99 Å². The van der Waals surface area contributed by atoms with Gasteiger partial charge in [0.05, 0.1) is 39.5 Å². The molecule has 2 aromatic carbocycles. The minimum absolute atomic E-state index is 0.212. The third-order valence-electron chi connectivity index (χ3n) is 5.47. The highest BCUT2D eigenvalue weighted by Crippen LogP contribution is 2.24. The van der Waals surface area contributed by atoms with Crippen molar-refractivity contribution in [1.29, 1.82) is 0 Å². The van der Waals surface area contributed by atoms with Gasteiger partial charge in [0, 0.05) is 31.7 Å². The molecule has 7 nitrogen and oxygen atoms in total. The van der Waals surface area contributed by atoms with Crippen LogP contribution in [0, 0.1) is 0 Å². The molecule has 2 aromatic rings. The van der Waals surface area contributed by atoms with Crippen LogP contribution in [0.25, 0.3) is 0 Å². The minimum Gasteiger partial charge on any atom is -0.497 e. The molecule has 2 N–H and O–H groups in total. The predicted octanol–water partition coefficient (Wildman–Crippen LogP) is 3.22. The number of rotatable bonds is 10. The van der Waals surface area contributed by atoms with E-state index in [4.69, 9.17) is 19.2 Å². The zero-order valence-corrected chi connectivity index (χ0v) is 19.5. The van der Waals surface area contributed by atoms with Gasteiger partial charge in [0.15, 0.2) is 5.96 Å². The summed E-state index contributed by atoms with van der Waals surface area (Å²) in [6, 6.07) is 16.6. The summed E-state index contributed by atoms with van der Waals surface area (Å²) in [6.45, 7) is 10.1. The molecule has 1 atom stereocenters. The first kappa shape index (κ1) is 23.9. The normalized spacial score (nSPS) is 15.8. The van der Waals surface area contributed by atoms with E-state index in [-0.39, 0.29) is 6.04 Å². The number of nitrogens with zero attached hydrogens (tertiary/aromatic N) is 2. The molecule has 7 heteroatoms. The molecule has 32 heavy (non-hydrogen) atoms. The summed E-state index contributed by atoms with van der Waals surface area (Å²) in [6.07, 6.45) is 0. The van der Waals surface area contributed by atoms with E-state index in [1.54, 1.807) is 7.11 Å². The second kappa shape index (κ2) is 12.9. The van der Waals surface area contributed by atoms with Crippen molar-refractivity contribution in [2.45, 2.75) is 26.4 Å². The fraction of sp³-hybridized carbons (Fsp3) is 0.480. The maximum atomic E-state index is 5.74. The number of ether oxygens (including phenoxy) is 3. The van der Waals surface area contributed by atoms with Crippen molar-refractivity contribution in [1.82, 2.24) is 15.5 Å². The van der Waals surface area contributed by atoms with Crippen LogP contribution in [0.5, 0.6) is 11.5 Å². The standard InChI is InChI=1S/C25H36N4O3/c1-4-26-25(27-18-21-8-6-7-9-24(21)32-5-2)28-19-23(29-14-16-31-17-15-29)20-10-12-22(30-3)13-11-20/h6-13,23H,4-5,14-19H2,1-3H3,(H2,26,27,28). The summed E-state index contributed by atoms with van der Waals surface area (Å²) < 4.78 is 16.7. The summed E-state index contributed by atoms with van der Waals surface area (Å²) in [7, 11) is 1.69. The topological polar surface area (TPSA) is 67.4 Å². The number of guanidine groups is 1. The molecular weight excluding hydrogens is 404 g/mol. The van der Waals surface area contributed by atoms with Crippen LogP contribution in [0.1, 0.15) is 31.0 Å². The maximum Gasteiger partial charge on any atom is 0.191 e. The number of aliphatic imine (C=N–C) groups is 1. The van der Waals surface area contributed by atoms with Gasteiger partial charge in [0.25, 0.3) is 0 Å². The van der Waals surface area contributed by atoms with Crippen molar-refractivity contribution in [3.63, 3.8) is 0 Å². The number of para-hydroxylation sites is 1. The van der Waals surface area contributed by atoms with Gasteiger partial charge in [-0.3, -0.25) is 4.90 Å². The molecule has 1 heterocycles. The Bertz CT molecular complexity index is 835. The van der Waals surface area contributed by atoms with Gasteiger partial charge >= 0.3 is 0 Å². The summed E-state index contributed by atoms with van der Waals surface area (Å²) in [4.78, 5) is 7.28. The first-order valence-electron chi connectivity index (χ1n) is 11.4. The molecule has 1 aliphatic rings. The molecule has 0 amide bonds. The lowest BCUT2D eigenvalue weighted by molar-refractivity contribution is 0.0170. The van der Waals surface area contributed by atoms with E-state index in [0.717, 1.165) is 62.4 Å².